The van der Waals surface area contributed by atoms with Gasteiger partial charge in [0.2, 0.25) is 0 Å². The van der Waals surface area contributed by atoms with Crippen molar-refractivity contribution >= 4 is 5.84 Å². The lowest BCUT2D eigenvalue weighted by Gasteiger charge is -2.10. The summed E-state index contributed by atoms with van der Waals surface area (Å²) in [6, 6.07) is 0.873. The normalized spacial score (nSPS) is 11.4. The maximum absolute atomic E-state index is 12.4. The fraction of sp³-hybridized carbons (Fsp3) is 0.250. The van der Waals surface area contributed by atoms with Gasteiger partial charge in [-0.1, -0.05) is 0 Å². The van der Waals surface area contributed by atoms with E-state index < -0.39 is 11.7 Å². The zero-order chi connectivity index (χ0) is 10.8. The predicted molar refractivity (Wildman–Crippen MR) is 44.9 cm³/mol. The Balaban J connectivity index is 3.10. The van der Waals surface area contributed by atoms with E-state index in [4.69, 9.17) is 11.1 Å². The van der Waals surface area contributed by atoms with E-state index >= 15 is 0 Å². The molecule has 0 aromatic carbocycles. The quantitative estimate of drug-likeness (QED) is 0.566. The molecule has 0 saturated heterocycles. The van der Waals surface area contributed by atoms with Crippen LogP contribution in [-0.4, -0.2) is 10.8 Å². The van der Waals surface area contributed by atoms with E-state index in [1.807, 2.05) is 0 Å². The van der Waals surface area contributed by atoms with Gasteiger partial charge in [-0.3, -0.25) is 10.4 Å². The number of nitrogens with one attached hydrogen (secondary N) is 1. The van der Waals surface area contributed by atoms with Crippen molar-refractivity contribution in [3.05, 3.63) is 29.6 Å². The van der Waals surface area contributed by atoms with Gasteiger partial charge in [0.25, 0.3) is 0 Å². The summed E-state index contributed by atoms with van der Waals surface area (Å²) in [6.45, 7) is 0. The Bertz CT molecular complexity index is 346. The van der Waals surface area contributed by atoms with Gasteiger partial charge in [0.1, 0.15) is 0 Å². The molecule has 0 spiro atoms. The molecule has 1 aromatic heterocycles. The summed E-state index contributed by atoms with van der Waals surface area (Å²) in [5.41, 5.74) is 4.16. The van der Waals surface area contributed by atoms with Crippen molar-refractivity contribution in [3.8, 4) is 0 Å². The molecule has 0 amide bonds. The van der Waals surface area contributed by atoms with Gasteiger partial charge in [0.15, 0.2) is 0 Å². The van der Waals surface area contributed by atoms with Gasteiger partial charge in [-0.2, -0.15) is 13.2 Å². The minimum atomic E-state index is -4.42. The molecule has 76 valence electrons. The number of rotatable bonds is 2. The number of aromatic nitrogens is 1. The Morgan fingerprint density at radius 2 is 2.14 bits per heavy atom. The summed E-state index contributed by atoms with van der Waals surface area (Å²) in [5.74, 6) is -0.316. The minimum Gasteiger partial charge on any atom is -0.387 e. The largest absolute Gasteiger partial charge is 0.416 e. The van der Waals surface area contributed by atoms with Crippen molar-refractivity contribution in [2.24, 2.45) is 5.73 Å². The van der Waals surface area contributed by atoms with Crippen LogP contribution in [0.4, 0.5) is 13.2 Å². The molecule has 1 rings (SSSR count). The van der Waals surface area contributed by atoms with Gasteiger partial charge >= 0.3 is 6.18 Å². The third-order valence-corrected chi connectivity index (χ3v) is 1.59. The molecular formula is C8H8F3N3. The van der Waals surface area contributed by atoms with E-state index in [-0.39, 0.29) is 17.8 Å². The molecule has 0 aliphatic heterocycles. The summed E-state index contributed by atoms with van der Waals surface area (Å²) in [7, 11) is 0. The molecule has 14 heavy (non-hydrogen) atoms. The van der Waals surface area contributed by atoms with Crippen molar-refractivity contribution in [1.82, 2.24) is 4.98 Å². The summed E-state index contributed by atoms with van der Waals surface area (Å²) in [4.78, 5) is 3.56. The second-order valence-electron chi connectivity index (χ2n) is 2.73. The highest BCUT2D eigenvalue weighted by molar-refractivity contribution is 5.79. The highest BCUT2D eigenvalue weighted by Crippen LogP contribution is 2.31. The van der Waals surface area contributed by atoms with Crippen LogP contribution < -0.4 is 5.73 Å². The van der Waals surface area contributed by atoms with Crippen LogP contribution in [0.3, 0.4) is 0 Å². The molecule has 0 fully saturated rings. The van der Waals surface area contributed by atoms with Crippen LogP contribution in [0.15, 0.2) is 18.5 Å². The van der Waals surface area contributed by atoms with Crippen LogP contribution in [0.5, 0.6) is 0 Å². The van der Waals surface area contributed by atoms with Crippen molar-refractivity contribution in [3.63, 3.8) is 0 Å². The average Bonchev–Trinajstić information content (AvgIpc) is 2.01. The van der Waals surface area contributed by atoms with Gasteiger partial charge in [0.05, 0.1) is 11.4 Å². The van der Waals surface area contributed by atoms with Crippen LogP contribution in [0, 0.1) is 5.41 Å². The Morgan fingerprint density at radius 1 is 1.50 bits per heavy atom. The monoisotopic (exact) mass is 203 g/mol. The van der Waals surface area contributed by atoms with Gasteiger partial charge in [-0.05, 0) is 11.6 Å². The Morgan fingerprint density at radius 3 is 2.64 bits per heavy atom. The van der Waals surface area contributed by atoms with E-state index in [0.29, 0.717) is 0 Å². The van der Waals surface area contributed by atoms with E-state index in [2.05, 4.69) is 4.98 Å². The van der Waals surface area contributed by atoms with Crippen molar-refractivity contribution in [2.75, 3.05) is 0 Å². The van der Waals surface area contributed by atoms with E-state index in [1.54, 1.807) is 0 Å². The number of hydrogen-bond acceptors (Lipinski definition) is 2. The zero-order valence-electron chi connectivity index (χ0n) is 7.10. The number of amidine groups is 1. The smallest absolute Gasteiger partial charge is 0.387 e. The molecular weight excluding hydrogens is 195 g/mol. The van der Waals surface area contributed by atoms with Gasteiger partial charge in [-0.25, -0.2) is 0 Å². The van der Waals surface area contributed by atoms with Gasteiger partial charge < -0.3 is 5.73 Å². The number of nitrogens with two attached hydrogens (primary N) is 1. The molecule has 3 N–H and O–H groups in total. The summed E-state index contributed by atoms with van der Waals surface area (Å²) in [5, 5.41) is 6.92. The van der Waals surface area contributed by atoms with Crippen LogP contribution >= 0.6 is 0 Å². The fourth-order valence-corrected chi connectivity index (χ4v) is 1.05. The molecule has 0 aliphatic rings. The number of halogens is 3. The van der Waals surface area contributed by atoms with Crippen LogP contribution in [-0.2, 0) is 12.6 Å². The van der Waals surface area contributed by atoms with Crippen LogP contribution in [0.25, 0.3) is 0 Å². The summed E-state index contributed by atoms with van der Waals surface area (Å²) in [6.07, 6.45) is -2.52. The second kappa shape index (κ2) is 3.65. The van der Waals surface area contributed by atoms with E-state index in [0.717, 1.165) is 18.5 Å². The molecule has 0 unspecified atom stereocenters. The van der Waals surface area contributed by atoms with Crippen molar-refractivity contribution < 1.29 is 13.2 Å². The van der Waals surface area contributed by atoms with Gasteiger partial charge in [-0.15, -0.1) is 0 Å². The highest BCUT2D eigenvalue weighted by atomic mass is 19.4. The molecule has 0 saturated carbocycles. The van der Waals surface area contributed by atoms with E-state index in [9.17, 15) is 13.2 Å². The topological polar surface area (TPSA) is 62.8 Å². The highest BCUT2D eigenvalue weighted by Gasteiger charge is 2.33. The Kier molecular flexibility index (Phi) is 2.73. The first-order valence-electron chi connectivity index (χ1n) is 3.74. The zero-order valence-corrected chi connectivity index (χ0v) is 7.10. The molecule has 0 atom stereocenters. The molecule has 6 heteroatoms. The number of hydrogen-bond donors (Lipinski definition) is 2. The molecule has 1 aromatic rings. The summed E-state index contributed by atoms with van der Waals surface area (Å²) >= 11 is 0. The van der Waals surface area contributed by atoms with Crippen LogP contribution in [0.2, 0.25) is 0 Å². The lowest BCUT2D eigenvalue weighted by molar-refractivity contribution is -0.138. The number of alkyl halides is 3. The lowest BCUT2D eigenvalue weighted by Crippen LogP contribution is -2.17. The number of pyridine rings is 1. The molecule has 0 aliphatic carbocycles. The first-order chi connectivity index (χ1) is 6.41. The Labute approximate surface area is 78.3 Å². The average molecular weight is 203 g/mol. The molecule has 0 bridgehead atoms. The van der Waals surface area contributed by atoms with Gasteiger partial charge in [0, 0.05) is 18.8 Å². The second-order valence-corrected chi connectivity index (χ2v) is 2.73. The number of nitrogens with zero attached hydrogens (tertiary/aromatic N) is 1. The van der Waals surface area contributed by atoms with Crippen molar-refractivity contribution in [2.45, 2.75) is 12.6 Å². The van der Waals surface area contributed by atoms with Crippen molar-refractivity contribution in [1.29, 1.82) is 5.41 Å². The third kappa shape index (κ3) is 2.45. The maximum Gasteiger partial charge on any atom is 0.416 e. The maximum atomic E-state index is 12.4. The van der Waals surface area contributed by atoms with Crippen LogP contribution in [0.1, 0.15) is 11.1 Å². The molecule has 3 nitrogen and oxygen atoms in total. The Hall–Kier alpha value is -1.59. The standard InChI is InChI=1S/C8H8F3N3/c9-8(10,11)6-1-2-14-4-5(6)3-7(12)13/h1-2,4H,3H2,(H3,12,13). The SMILES string of the molecule is N=C(N)Cc1cnccc1C(F)(F)F. The molecule has 1 heterocycles. The minimum absolute atomic E-state index is 0.0764. The predicted octanol–water partition coefficient (Wildman–Crippen LogP) is 1.58. The lowest BCUT2D eigenvalue weighted by atomic mass is 10.1. The summed E-state index contributed by atoms with van der Waals surface area (Å²) < 4.78 is 37.1. The first-order valence-corrected chi connectivity index (χ1v) is 3.74. The fourth-order valence-electron chi connectivity index (χ4n) is 1.05. The first kappa shape index (κ1) is 10.5. The third-order valence-electron chi connectivity index (χ3n) is 1.59. The van der Waals surface area contributed by atoms with E-state index in [1.165, 1.54) is 0 Å². The molecule has 0 radical (unpaired) electrons.